The fourth-order valence-electron chi connectivity index (χ4n) is 0.587. The van der Waals surface area contributed by atoms with Crippen LogP contribution in [0.2, 0.25) is 0 Å². The first-order valence-corrected chi connectivity index (χ1v) is 3.42. The van der Waals surface area contributed by atoms with Crippen LogP contribution in [-0.4, -0.2) is 23.4 Å². The van der Waals surface area contributed by atoms with Crippen molar-refractivity contribution < 1.29 is 10.2 Å². The highest BCUT2D eigenvalue weighted by molar-refractivity contribution is 4.99. The largest absolute Gasteiger partial charge is 0.395 e. The lowest BCUT2D eigenvalue weighted by Crippen LogP contribution is -2.01. The van der Waals surface area contributed by atoms with Gasteiger partial charge in [0.25, 0.3) is 0 Å². The normalized spacial score (nSPS) is 11.0. The third kappa shape index (κ3) is 5.42. The molecule has 0 radical (unpaired) electrons. The van der Waals surface area contributed by atoms with E-state index >= 15 is 0 Å². The van der Waals surface area contributed by atoms with Gasteiger partial charge >= 0.3 is 0 Å². The molecule has 0 rings (SSSR count). The van der Waals surface area contributed by atoms with Crippen LogP contribution in [0.25, 0.3) is 0 Å². The standard InChI is InChI=1S/C8H11NO2/c9-6-8(7-11)4-2-1-3-5-10/h8,10-11H,2,4-5,7H2. The number of aliphatic hydroxyl groups is 2. The minimum Gasteiger partial charge on any atom is -0.395 e. The van der Waals surface area contributed by atoms with Gasteiger partial charge in [0.05, 0.1) is 18.6 Å². The van der Waals surface area contributed by atoms with Crippen LogP contribution < -0.4 is 0 Å². The summed E-state index contributed by atoms with van der Waals surface area (Å²) >= 11 is 0. The molecule has 60 valence electrons. The lowest BCUT2D eigenvalue weighted by atomic mass is 10.1. The van der Waals surface area contributed by atoms with E-state index in [0.717, 1.165) is 0 Å². The molecule has 0 fully saturated rings. The summed E-state index contributed by atoms with van der Waals surface area (Å²) in [4.78, 5) is 0. The van der Waals surface area contributed by atoms with Crippen molar-refractivity contribution in [3.8, 4) is 17.9 Å². The average Bonchev–Trinajstić information content (AvgIpc) is 2.05. The summed E-state index contributed by atoms with van der Waals surface area (Å²) in [6.07, 6.45) is 1.12. The Balaban J connectivity index is 3.45. The van der Waals surface area contributed by atoms with Gasteiger partial charge in [-0.2, -0.15) is 5.26 Å². The molecule has 0 aliphatic rings. The first kappa shape index (κ1) is 9.97. The predicted molar refractivity (Wildman–Crippen MR) is 40.3 cm³/mol. The number of rotatable bonds is 3. The van der Waals surface area contributed by atoms with Crippen LogP contribution in [0, 0.1) is 29.1 Å². The van der Waals surface area contributed by atoms with Crippen LogP contribution >= 0.6 is 0 Å². The Hall–Kier alpha value is -1.03. The summed E-state index contributed by atoms with van der Waals surface area (Å²) in [6, 6.07) is 1.95. The number of nitrogens with zero attached hydrogens (tertiary/aromatic N) is 1. The maximum absolute atomic E-state index is 8.56. The van der Waals surface area contributed by atoms with E-state index in [1.165, 1.54) is 0 Å². The Morgan fingerprint density at radius 3 is 2.45 bits per heavy atom. The molecule has 3 heteroatoms. The molecule has 0 aromatic heterocycles. The highest BCUT2D eigenvalue weighted by atomic mass is 16.3. The van der Waals surface area contributed by atoms with Crippen molar-refractivity contribution in [1.82, 2.24) is 0 Å². The zero-order valence-corrected chi connectivity index (χ0v) is 6.25. The third-order valence-corrected chi connectivity index (χ3v) is 1.22. The van der Waals surface area contributed by atoms with Crippen molar-refractivity contribution in [1.29, 1.82) is 5.26 Å². The van der Waals surface area contributed by atoms with Crippen molar-refractivity contribution in [3.05, 3.63) is 0 Å². The summed E-state index contributed by atoms with van der Waals surface area (Å²) in [5, 5.41) is 25.2. The summed E-state index contributed by atoms with van der Waals surface area (Å²) in [5.41, 5.74) is 0. The van der Waals surface area contributed by atoms with E-state index in [4.69, 9.17) is 15.5 Å². The lowest BCUT2D eigenvalue weighted by Gasteiger charge is -1.98. The molecule has 0 aromatic rings. The molecule has 0 saturated heterocycles. The van der Waals surface area contributed by atoms with Gasteiger partial charge < -0.3 is 10.2 Å². The summed E-state index contributed by atoms with van der Waals surface area (Å²) in [6.45, 7) is -0.256. The van der Waals surface area contributed by atoms with Crippen molar-refractivity contribution >= 4 is 0 Å². The minimum atomic E-state index is -0.317. The first-order valence-electron chi connectivity index (χ1n) is 3.42. The van der Waals surface area contributed by atoms with Gasteiger partial charge in [0.15, 0.2) is 0 Å². The molecular weight excluding hydrogens is 142 g/mol. The topological polar surface area (TPSA) is 64.2 Å². The fourth-order valence-corrected chi connectivity index (χ4v) is 0.587. The number of hydrogen-bond donors (Lipinski definition) is 2. The van der Waals surface area contributed by atoms with Gasteiger partial charge in [0.2, 0.25) is 0 Å². The Bertz CT molecular complexity index is 184. The average molecular weight is 153 g/mol. The van der Waals surface area contributed by atoms with E-state index in [1.54, 1.807) is 0 Å². The highest BCUT2D eigenvalue weighted by Crippen LogP contribution is 2.02. The molecular formula is C8H11NO2. The molecule has 0 aliphatic heterocycles. The van der Waals surface area contributed by atoms with Crippen LogP contribution in [0.5, 0.6) is 0 Å². The Kier molecular flexibility index (Phi) is 6.42. The molecule has 3 nitrogen and oxygen atoms in total. The smallest absolute Gasteiger partial charge is 0.104 e. The monoisotopic (exact) mass is 153 g/mol. The quantitative estimate of drug-likeness (QED) is 0.556. The van der Waals surface area contributed by atoms with E-state index in [2.05, 4.69) is 11.8 Å². The van der Waals surface area contributed by atoms with Crippen LogP contribution in [0.15, 0.2) is 0 Å². The predicted octanol–water partition coefficient (Wildman–Crippen LogP) is -0.106. The Morgan fingerprint density at radius 2 is 2.00 bits per heavy atom. The van der Waals surface area contributed by atoms with Crippen LogP contribution in [0.4, 0.5) is 0 Å². The molecule has 1 atom stereocenters. The third-order valence-electron chi connectivity index (χ3n) is 1.22. The van der Waals surface area contributed by atoms with Crippen LogP contribution in [0.1, 0.15) is 12.8 Å². The van der Waals surface area contributed by atoms with Crippen LogP contribution in [0.3, 0.4) is 0 Å². The summed E-state index contributed by atoms with van der Waals surface area (Å²) in [5.74, 6) is 4.82. The molecule has 0 heterocycles. The van der Waals surface area contributed by atoms with Gasteiger partial charge in [0, 0.05) is 6.42 Å². The van der Waals surface area contributed by atoms with E-state index in [9.17, 15) is 0 Å². The molecule has 0 aromatic carbocycles. The molecule has 0 bridgehead atoms. The summed E-state index contributed by atoms with van der Waals surface area (Å²) in [7, 11) is 0. The SMILES string of the molecule is N#CC(CO)CCC#CCO. The minimum absolute atomic E-state index is 0.114. The molecule has 0 amide bonds. The molecule has 1 unspecified atom stereocenters. The Morgan fingerprint density at radius 1 is 1.27 bits per heavy atom. The number of hydrogen-bond acceptors (Lipinski definition) is 3. The molecule has 0 saturated carbocycles. The van der Waals surface area contributed by atoms with Crippen molar-refractivity contribution in [2.45, 2.75) is 12.8 Å². The van der Waals surface area contributed by atoms with E-state index in [0.29, 0.717) is 12.8 Å². The molecule has 0 aliphatic carbocycles. The van der Waals surface area contributed by atoms with Gasteiger partial charge in [-0.25, -0.2) is 0 Å². The lowest BCUT2D eigenvalue weighted by molar-refractivity contribution is 0.251. The number of nitriles is 1. The van der Waals surface area contributed by atoms with Gasteiger partial charge in [0.1, 0.15) is 6.61 Å². The molecule has 2 N–H and O–H groups in total. The van der Waals surface area contributed by atoms with E-state index in [-0.39, 0.29) is 19.1 Å². The number of aliphatic hydroxyl groups excluding tert-OH is 2. The van der Waals surface area contributed by atoms with E-state index in [1.807, 2.05) is 6.07 Å². The van der Waals surface area contributed by atoms with Gasteiger partial charge in [-0.15, -0.1) is 5.92 Å². The van der Waals surface area contributed by atoms with E-state index < -0.39 is 0 Å². The highest BCUT2D eigenvalue weighted by Gasteiger charge is 2.02. The second-order valence-electron chi connectivity index (χ2n) is 2.06. The van der Waals surface area contributed by atoms with Gasteiger partial charge in [-0.3, -0.25) is 0 Å². The second kappa shape index (κ2) is 7.08. The van der Waals surface area contributed by atoms with Crippen LogP contribution in [-0.2, 0) is 0 Å². The van der Waals surface area contributed by atoms with Gasteiger partial charge in [-0.1, -0.05) is 5.92 Å². The maximum Gasteiger partial charge on any atom is 0.104 e. The summed E-state index contributed by atoms with van der Waals surface area (Å²) < 4.78 is 0. The van der Waals surface area contributed by atoms with Crippen molar-refractivity contribution in [2.75, 3.05) is 13.2 Å². The zero-order chi connectivity index (χ0) is 8.53. The first-order chi connectivity index (χ1) is 5.35. The Labute approximate surface area is 66.3 Å². The molecule has 11 heavy (non-hydrogen) atoms. The zero-order valence-electron chi connectivity index (χ0n) is 6.25. The van der Waals surface area contributed by atoms with Crippen molar-refractivity contribution in [2.24, 2.45) is 5.92 Å². The second-order valence-corrected chi connectivity index (χ2v) is 2.06. The van der Waals surface area contributed by atoms with Gasteiger partial charge in [-0.05, 0) is 6.42 Å². The molecule has 0 spiro atoms. The maximum atomic E-state index is 8.56. The fraction of sp³-hybridized carbons (Fsp3) is 0.625. The van der Waals surface area contributed by atoms with Crippen molar-refractivity contribution in [3.63, 3.8) is 0 Å².